The minimum Gasteiger partial charge on any atom is -0.302 e. The first-order valence-electron chi connectivity index (χ1n) is 6.80. The van der Waals surface area contributed by atoms with E-state index in [2.05, 4.69) is 15.5 Å². The van der Waals surface area contributed by atoms with Gasteiger partial charge in [-0.15, -0.1) is 0 Å². The summed E-state index contributed by atoms with van der Waals surface area (Å²) < 4.78 is 16.6. The van der Waals surface area contributed by atoms with Gasteiger partial charge in [0.05, 0.1) is 6.54 Å². The van der Waals surface area contributed by atoms with Gasteiger partial charge in [-0.2, -0.15) is 10.2 Å². The van der Waals surface area contributed by atoms with E-state index in [-0.39, 0.29) is 29.1 Å². The van der Waals surface area contributed by atoms with E-state index >= 15 is 0 Å². The van der Waals surface area contributed by atoms with E-state index in [1.165, 1.54) is 27.8 Å². The monoisotopic (exact) mass is 333 g/mol. The molecule has 0 saturated carbocycles. The third kappa shape index (κ3) is 3.24. The van der Waals surface area contributed by atoms with Crippen LogP contribution in [0.3, 0.4) is 0 Å². The molecule has 2 heterocycles. The molecule has 3 rings (SSSR count). The molecule has 0 aliphatic rings. The van der Waals surface area contributed by atoms with Crippen LogP contribution in [-0.4, -0.2) is 25.5 Å². The molecule has 6 nitrogen and oxygen atoms in total. The third-order valence-electron chi connectivity index (χ3n) is 3.29. The summed E-state index contributed by atoms with van der Waals surface area (Å²) in [6, 6.07) is 7.99. The van der Waals surface area contributed by atoms with Crippen molar-refractivity contribution in [3.63, 3.8) is 0 Å². The van der Waals surface area contributed by atoms with Crippen molar-refractivity contribution in [1.29, 1.82) is 0 Å². The minimum absolute atomic E-state index is 0.216. The normalized spacial score (nSPS) is 10.7. The van der Waals surface area contributed by atoms with Gasteiger partial charge >= 0.3 is 0 Å². The summed E-state index contributed by atoms with van der Waals surface area (Å²) in [6.45, 7) is 0.216. The highest BCUT2D eigenvalue weighted by Gasteiger charge is 2.15. The molecule has 1 amide bonds. The summed E-state index contributed by atoms with van der Waals surface area (Å²) in [5, 5.41) is 11.0. The first-order chi connectivity index (χ1) is 11.0. The zero-order chi connectivity index (χ0) is 16.4. The molecule has 0 saturated heterocycles. The van der Waals surface area contributed by atoms with Gasteiger partial charge < -0.3 is 5.32 Å². The number of aromatic nitrogens is 4. The molecule has 1 aromatic carbocycles. The zero-order valence-corrected chi connectivity index (χ0v) is 13.0. The van der Waals surface area contributed by atoms with E-state index in [0.29, 0.717) is 11.3 Å². The van der Waals surface area contributed by atoms with Crippen LogP contribution in [0.25, 0.3) is 0 Å². The standard InChI is InChI=1S/C15H13ClFN5O/c1-21-13(6-7-18-21)15(23)19-14-11(16)9-22(20-14)8-10-4-2-3-5-12(10)17/h2-7,9H,8H2,1H3,(H,19,20,23). The van der Waals surface area contributed by atoms with Gasteiger partial charge in [0.25, 0.3) is 5.91 Å². The first-order valence-corrected chi connectivity index (χ1v) is 7.18. The Kier molecular flexibility index (Phi) is 4.12. The lowest BCUT2D eigenvalue weighted by molar-refractivity contribution is 0.101. The van der Waals surface area contributed by atoms with Crippen LogP contribution in [0.5, 0.6) is 0 Å². The lowest BCUT2D eigenvalue weighted by Crippen LogP contribution is -2.17. The second kappa shape index (κ2) is 6.21. The molecule has 23 heavy (non-hydrogen) atoms. The lowest BCUT2D eigenvalue weighted by Gasteiger charge is -2.04. The molecule has 8 heteroatoms. The fraction of sp³-hybridized carbons (Fsp3) is 0.133. The van der Waals surface area contributed by atoms with Gasteiger partial charge in [-0.1, -0.05) is 29.8 Å². The summed E-state index contributed by atoms with van der Waals surface area (Å²) in [6.07, 6.45) is 3.06. The number of hydrogen-bond acceptors (Lipinski definition) is 3. The number of nitrogens with zero attached hydrogens (tertiary/aromatic N) is 4. The van der Waals surface area contributed by atoms with Crippen LogP contribution in [0, 0.1) is 5.82 Å². The number of aryl methyl sites for hydroxylation is 1. The predicted octanol–water partition coefficient (Wildman–Crippen LogP) is 2.71. The van der Waals surface area contributed by atoms with Gasteiger partial charge in [-0.3, -0.25) is 14.2 Å². The van der Waals surface area contributed by atoms with Gasteiger partial charge in [-0.25, -0.2) is 4.39 Å². The highest BCUT2D eigenvalue weighted by molar-refractivity contribution is 6.33. The second-order valence-electron chi connectivity index (χ2n) is 4.91. The van der Waals surface area contributed by atoms with Crippen molar-refractivity contribution in [2.24, 2.45) is 7.05 Å². The molecule has 0 atom stereocenters. The molecule has 0 unspecified atom stereocenters. The van der Waals surface area contributed by atoms with Crippen LogP contribution < -0.4 is 5.32 Å². The summed E-state index contributed by atoms with van der Waals surface area (Å²) in [5.74, 6) is -0.475. The maximum atomic E-state index is 13.7. The molecule has 0 spiro atoms. The first kappa shape index (κ1) is 15.2. The fourth-order valence-electron chi connectivity index (χ4n) is 2.13. The maximum absolute atomic E-state index is 13.7. The number of carbonyl (C=O) groups is 1. The molecule has 2 aromatic heterocycles. The molecule has 0 aliphatic heterocycles. The Hall–Kier alpha value is -2.67. The van der Waals surface area contributed by atoms with Crippen molar-refractivity contribution in [1.82, 2.24) is 19.6 Å². The average Bonchev–Trinajstić information content (AvgIpc) is 3.08. The molecule has 0 bridgehead atoms. The third-order valence-corrected chi connectivity index (χ3v) is 3.57. The van der Waals surface area contributed by atoms with E-state index < -0.39 is 0 Å². The number of rotatable bonds is 4. The predicted molar refractivity (Wildman–Crippen MR) is 83.9 cm³/mol. The second-order valence-corrected chi connectivity index (χ2v) is 5.32. The average molecular weight is 334 g/mol. The number of anilines is 1. The summed E-state index contributed by atoms with van der Waals surface area (Å²) >= 11 is 6.08. The van der Waals surface area contributed by atoms with E-state index in [4.69, 9.17) is 11.6 Å². The lowest BCUT2D eigenvalue weighted by atomic mass is 10.2. The molecule has 0 radical (unpaired) electrons. The molecular formula is C15H13ClFN5O. The van der Waals surface area contributed by atoms with E-state index in [0.717, 1.165) is 0 Å². The number of benzene rings is 1. The Labute approximate surface area is 136 Å². The summed E-state index contributed by atoms with van der Waals surface area (Å²) in [4.78, 5) is 12.1. The van der Waals surface area contributed by atoms with Crippen LogP contribution >= 0.6 is 11.6 Å². The Bertz CT molecular complexity index is 857. The number of carbonyl (C=O) groups excluding carboxylic acids is 1. The van der Waals surface area contributed by atoms with Crippen molar-refractivity contribution >= 4 is 23.3 Å². The number of halogens is 2. The van der Waals surface area contributed by atoms with Gasteiger partial charge in [-0.05, 0) is 12.1 Å². The smallest absolute Gasteiger partial charge is 0.275 e. The van der Waals surface area contributed by atoms with Crippen molar-refractivity contribution in [3.8, 4) is 0 Å². The van der Waals surface area contributed by atoms with E-state index in [1.54, 1.807) is 31.3 Å². The largest absolute Gasteiger partial charge is 0.302 e. The van der Waals surface area contributed by atoms with Crippen LogP contribution in [0.4, 0.5) is 10.2 Å². The van der Waals surface area contributed by atoms with E-state index in [1.807, 2.05) is 0 Å². The van der Waals surface area contributed by atoms with Crippen molar-refractivity contribution in [2.75, 3.05) is 5.32 Å². The summed E-state index contributed by atoms with van der Waals surface area (Å²) in [5.41, 5.74) is 0.862. The molecule has 0 fully saturated rings. The Balaban J connectivity index is 1.78. The van der Waals surface area contributed by atoms with Crippen LogP contribution in [-0.2, 0) is 13.6 Å². The zero-order valence-electron chi connectivity index (χ0n) is 12.2. The van der Waals surface area contributed by atoms with Gasteiger partial charge in [0.1, 0.15) is 16.5 Å². The van der Waals surface area contributed by atoms with Crippen molar-refractivity contribution in [2.45, 2.75) is 6.54 Å². The van der Waals surface area contributed by atoms with Crippen LogP contribution in [0.15, 0.2) is 42.7 Å². The van der Waals surface area contributed by atoms with E-state index in [9.17, 15) is 9.18 Å². The maximum Gasteiger partial charge on any atom is 0.275 e. The fourth-order valence-corrected chi connectivity index (χ4v) is 2.33. The number of amides is 1. The van der Waals surface area contributed by atoms with Crippen LogP contribution in [0.1, 0.15) is 16.1 Å². The quantitative estimate of drug-likeness (QED) is 0.798. The number of hydrogen-bond donors (Lipinski definition) is 1. The molecular weight excluding hydrogens is 321 g/mol. The highest BCUT2D eigenvalue weighted by Crippen LogP contribution is 2.21. The Morgan fingerprint density at radius 2 is 2.13 bits per heavy atom. The Morgan fingerprint density at radius 3 is 2.83 bits per heavy atom. The summed E-state index contributed by atoms with van der Waals surface area (Å²) in [7, 11) is 1.66. The van der Waals surface area contributed by atoms with Crippen molar-refractivity contribution < 1.29 is 9.18 Å². The Morgan fingerprint density at radius 1 is 1.35 bits per heavy atom. The van der Waals surface area contributed by atoms with Crippen molar-refractivity contribution in [3.05, 3.63) is 64.8 Å². The minimum atomic E-state index is -0.372. The topological polar surface area (TPSA) is 64.7 Å². The van der Waals surface area contributed by atoms with Crippen LogP contribution in [0.2, 0.25) is 5.02 Å². The highest BCUT2D eigenvalue weighted by atomic mass is 35.5. The molecule has 3 aromatic rings. The molecule has 1 N–H and O–H groups in total. The molecule has 0 aliphatic carbocycles. The van der Waals surface area contributed by atoms with Gasteiger partial charge in [0.2, 0.25) is 0 Å². The SMILES string of the molecule is Cn1nccc1C(=O)Nc1nn(Cc2ccccc2F)cc1Cl. The van der Waals surface area contributed by atoms with Gasteiger partial charge in [0.15, 0.2) is 5.82 Å². The molecule has 118 valence electrons. The number of nitrogens with one attached hydrogen (secondary N) is 1. The van der Waals surface area contributed by atoms with Gasteiger partial charge in [0, 0.05) is 25.0 Å².